The molecule has 2 saturated heterocycles. The monoisotopic (exact) mass is 719 g/mol. The van der Waals surface area contributed by atoms with Gasteiger partial charge in [0, 0.05) is 6.42 Å². The molecule has 50 heavy (non-hydrogen) atoms. The van der Waals surface area contributed by atoms with E-state index in [0.29, 0.717) is 6.42 Å². The van der Waals surface area contributed by atoms with Gasteiger partial charge in [-0.25, -0.2) is 0 Å². The Hall–Kier alpha value is -1.53. The summed E-state index contributed by atoms with van der Waals surface area (Å²) < 4.78 is 22.4. The summed E-state index contributed by atoms with van der Waals surface area (Å²) >= 11 is 0. The van der Waals surface area contributed by atoms with Gasteiger partial charge in [0.2, 0.25) is 5.91 Å². The zero-order chi connectivity index (χ0) is 36.9. The topological polar surface area (TPSA) is 228 Å². The number of aliphatic hydroxyl groups excluding tert-OH is 8. The average molecular weight is 720 g/mol. The third-order valence-electron chi connectivity index (χ3n) is 9.13. The first-order valence-corrected chi connectivity index (χ1v) is 18.6. The van der Waals surface area contributed by atoms with Gasteiger partial charge in [0.15, 0.2) is 12.6 Å². The summed E-state index contributed by atoms with van der Waals surface area (Å²) in [6.07, 6.45) is 4.66. The predicted octanol–water partition coefficient (Wildman–Crippen LogP) is 1.09. The van der Waals surface area contributed by atoms with Crippen molar-refractivity contribution in [1.29, 1.82) is 0 Å². The molecule has 0 aromatic carbocycles. The summed E-state index contributed by atoms with van der Waals surface area (Å²) in [5.41, 5.74) is 0. The maximum absolute atomic E-state index is 12.9. The fourth-order valence-electron chi connectivity index (χ4n) is 5.91. The molecular formula is C36H65NO13. The highest BCUT2D eigenvalue weighted by Gasteiger charge is 2.50. The van der Waals surface area contributed by atoms with Crippen molar-refractivity contribution in [2.45, 2.75) is 177 Å². The van der Waals surface area contributed by atoms with Crippen LogP contribution in [0.15, 0.2) is 24.3 Å². The Morgan fingerprint density at radius 2 is 1.28 bits per heavy atom. The normalized spacial score (nSPS) is 31.7. The van der Waals surface area contributed by atoms with Crippen LogP contribution in [-0.4, -0.2) is 140 Å². The molecule has 0 radical (unpaired) electrons. The van der Waals surface area contributed by atoms with E-state index in [1.807, 2.05) is 6.08 Å². The van der Waals surface area contributed by atoms with Crippen molar-refractivity contribution in [1.82, 2.24) is 5.32 Å². The molecule has 14 nitrogen and oxygen atoms in total. The minimum absolute atomic E-state index is 0.263. The predicted molar refractivity (Wildman–Crippen MR) is 185 cm³/mol. The van der Waals surface area contributed by atoms with Gasteiger partial charge >= 0.3 is 0 Å². The molecular weight excluding hydrogens is 654 g/mol. The standard InChI is InChI=1S/C36H65NO13/c1-3-5-7-9-10-11-12-13-14-15-16-18-20-28(41)37-24(25(40)19-17-8-6-4-2)23-47-35-33(46)31(44)34(27(22-39)49-35)50-36-32(45)30(43)29(42)26(21-38)48-36/h10-11,17,19,24-27,29-36,38-40,42-46H,3-9,12-16,18,20-23H2,1-2H3,(H,37,41)/b11-10-,19-17+. The number of ether oxygens (including phenoxy) is 4. The molecule has 0 aromatic heterocycles. The van der Waals surface area contributed by atoms with E-state index in [0.717, 1.165) is 57.8 Å². The molecule has 2 heterocycles. The van der Waals surface area contributed by atoms with E-state index in [2.05, 4.69) is 31.3 Å². The molecule has 0 spiro atoms. The molecule has 9 N–H and O–H groups in total. The van der Waals surface area contributed by atoms with Crippen molar-refractivity contribution >= 4 is 5.91 Å². The molecule has 292 valence electrons. The van der Waals surface area contributed by atoms with Crippen LogP contribution >= 0.6 is 0 Å². The Bertz CT molecular complexity index is 951. The van der Waals surface area contributed by atoms with Gasteiger partial charge in [-0.1, -0.05) is 83.1 Å². The first kappa shape index (κ1) is 44.6. The molecule has 12 atom stereocenters. The third-order valence-corrected chi connectivity index (χ3v) is 9.13. The lowest BCUT2D eigenvalue weighted by atomic mass is 9.97. The second-order valence-corrected chi connectivity index (χ2v) is 13.3. The second-order valence-electron chi connectivity index (χ2n) is 13.3. The first-order valence-electron chi connectivity index (χ1n) is 18.6. The lowest BCUT2D eigenvalue weighted by molar-refractivity contribution is -0.359. The Morgan fingerprint density at radius 3 is 1.94 bits per heavy atom. The number of amides is 1. The van der Waals surface area contributed by atoms with Gasteiger partial charge < -0.3 is 65.1 Å². The summed E-state index contributed by atoms with van der Waals surface area (Å²) in [6.45, 7) is 2.53. The number of allylic oxidation sites excluding steroid dienone is 3. The molecule has 2 aliphatic heterocycles. The van der Waals surface area contributed by atoms with E-state index in [9.17, 15) is 45.6 Å². The molecule has 2 rings (SSSR count). The lowest BCUT2D eigenvalue weighted by Gasteiger charge is -2.46. The fourth-order valence-corrected chi connectivity index (χ4v) is 5.91. The van der Waals surface area contributed by atoms with Gasteiger partial charge in [0.25, 0.3) is 0 Å². The van der Waals surface area contributed by atoms with Crippen LogP contribution in [0.2, 0.25) is 0 Å². The van der Waals surface area contributed by atoms with Crippen molar-refractivity contribution in [2.75, 3.05) is 19.8 Å². The van der Waals surface area contributed by atoms with Crippen LogP contribution < -0.4 is 5.32 Å². The minimum Gasteiger partial charge on any atom is -0.394 e. The highest BCUT2D eigenvalue weighted by atomic mass is 16.7. The summed E-state index contributed by atoms with van der Waals surface area (Å²) in [5.74, 6) is -0.263. The first-order chi connectivity index (χ1) is 24.1. The van der Waals surface area contributed by atoms with Crippen LogP contribution in [0.4, 0.5) is 0 Å². The zero-order valence-corrected chi connectivity index (χ0v) is 29.9. The largest absolute Gasteiger partial charge is 0.394 e. The van der Waals surface area contributed by atoms with Crippen molar-refractivity contribution in [3.63, 3.8) is 0 Å². The van der Waals surface area contributed by atoms with Gasteiger partial charge in [-0.15, -0.1) is 0 Å². The lowest BCUT2D eigenvalue weighted by Crippen LogP contribution is -2.65. The van der Waals surface area contributed by atoms with Crippen LogP contribution in [0.5, 0.6) is 0 Å². The number of hydrogen-bond acceptors (Lipinski definition) is 13. The fraction of sp³-hybridized carbons (Fsp3) is 0.861. The molecule has 0 aliphatic carbocycles. The van der Waals surface area contributed by atoms with Gasteiger partial charge in [0.1, 0.15) is 48.8 Å². The van der Waals surface area contributed by atoms with Crippen LogP contribution in [0.1, 0.15) is 104 Å². The Morgan fingerprint density at radius 1 is 0.700 bits per heavy atom. The van der Waals surface area contributed by atoms with E-state index in [1.54, 1.807) is 6.08 Å². The van der Waals surface area contributed by atoms with Gasteiger partial charge in [-0.3, -0.25) is 4.79 Å². The molecule has 0 saturated carbocycles. The quantitative estimate of drug-likeness (QED) is 0.0476. The summed E-state index contributed by atoms with van der Waals surface area (Å²) in [5, 5.41) is 85.4. The maximum Gasteiger partial charge on any atom is 0.220 e. The van der Waals surface area contributed by atoms with E-state index >= 15 is 0 Å². The van der Waals surface area contributed by atoms with Crippen molar-refractivity contribution < 1.29 is 64.6 Å². The van der Waals surface area contributed by atoms with Gasteiger partial charge in [-0.2, -0.15) is 0 Å². The molecule has 14 heteroatoms. The third kappa shape index (κ3) is 15.2. The highest BCUT2D eigenvalue weighted by Crippen LogP contribution is 2.29. The van der Waals surface area contributed by atoms with Crippen LogP contribution in [0.25, 0.3) is 0 Å². The summed E-state index contributed by atoms with van der Waals surface area (Å²) in [7, 11) is 0. The van der Waals surface area contributed by atoms with Crippen molar-refractivity contribution in [3.05, 3.63) is 24.3 Å². The minimum atomic E-state index is -1.78. The Kier molecular flexibility index (Phi) is 22.7. The summed E-state index contributed by atoms with van der Waals surface area (Å²) in [4.78, 5) is 12.9. The smallest absolute Gasteiger partial charge is 0.220 e. The molecule has 12 unspecified atom stereocenters. The molecule has 0 aromatic rings. The number of rotatable bonds is 25. The number of hydrogen-bond donors (Lipinski definition) is 9. The zero-order valence-electron chi connectivity index (χ0n) is 29.9. The number of carbonyl (C=O) groups excluding carboxylic acids is 1. The van der Waals surface area contributed by atoms with Crippen molar-refractivity contribution in [2.24, 2.45) is 0 Å². The van der Waals surface area contributed by atoms with Crippen LogP contribution in [-0.2, 0) is 23.7 Å². The Balaban J connectivity index is 1.91. The molecule has 2 aliphatic rings. The molecule has 1 amide bonds. The van der Waals surface area contributed by atoms with Crippen molar-refractivity contribution in [3.8, 4) is 0 Å². The summed E-state index contributed by atoms with van der Waals surface area (Å²) in [6, 6.07) is -0.909. The SMILES string of the molecule is CCCC/C=C/C(O)C(COC1OC(CO)C(OC2OC(CO)C(O)C(O)C2O)C(O)C1O)NC(=O)CCCCCCC/C=C\CCCCC. The number of unbranched alkanes of at least 4 members (excludes halogenated alkanes) is 10. The number of carbonyl (C=O) groups is 1. The Labute approximate surface area is 297 Å². The molecule has 0 bridgehead atoms. The van der Waals surface area contributed by atoms with Gasteiger partial charge in [0.05, 0.1) is 32.0 Å². The number of nitrogens with one attached hydrogen (secondary N) is 1. The average Bonchev–Trinajstić information content (AvgIpc) is 3.11. The highest BCUT2D eigenvalue weighted by molar-refractivity contribution is 5.76. The van der Waals surface area contributed by atoms with Crippen LogP contribution in [0, 0.1) is 0 Å². The second kappa shape index (κ2) is 25.4. The number of aliphatic hydroxyl groups is 8. The maximum atomic E-state index is 12.9. The van der Waals surface area contributed by atoms with E-state index < -0.39 is 86.8 Å². The van der Waals surface area contributed by atoms with E-state index in [1.165, 1.54) is 19.3 Å². The molecule has 2 fully saturated rings. The van der Waals surface area contributed by atoms with Crippen LogP contribution in [0.3, 0.4) is 0 Å². The van der Waals surface area contributed by atoms with Gasteiger partial charge in [-0.05, 0) is 38.5 Å². The van der Waals surface area contributed by atoms with E-state index in [-0.39, 0.29) is 18.9 Å². The van der Waals surface area contributed by atoms with E-state index in [4.69, 9.17) is 18.9 Å².